The SMILES string of the molecule is OC1CCCN(Cc2ccc(Nc3ncnc(N4CCN(c5ncc(Cc6ccccc6)cn5)CC4)n3)cc2)C1. The summed E-state index contributed by atoms with van der Waals surface area (Å²) in [5.41, 5.74) is 4.52. The lowest BCUT2D eigenvalue weighted by atomic mass is 10.1. The number of nitrogens with zero attached hydrogens (tertiary/aromatic N) is 8. The molecular formula is C30H35N9O. The molecule has 2 aromatic heterocycles. The molecule has 0 bridgehead atoms. The second-order valence-corrected chi connectivity index (χ2v) is 10.5. The molecule has 2 aliphatic heterocycles. The Morgan fingerprint density at radius 1 is 0.750 bits per heavy atom. The number of β-amino-alcohol motifs (C(OH)–C–C–N with tert-alkyl or cyclic N) is 1. The van der Waals surface area contributed by atoms with Crippen molar-refractivity contribution in [2.24, 2.45) is 0 Å². The first-order valence-corrected chi connectivity index (χ1v) is 14.0. The van der Waals surface area contributed by atoms with Crippen molar-refractivity contribution in [2.75, 3.05) is 54.4 Å². The fourth-order valence-electron chi connectivity index (χ4n) is 5.30. The van der Waals surface area contributed by atoms with Crippen LogP contribution in [0.5, 0.6) is 0 Å². The fourth-order valence-corrected chi connectivity index (χ4v) is 5.30. The molecule has 2 N–H and O–H groups in total. The van der Waals surface area contributed by atoms with Gasteiger partial charge in [-0.3, -0.25) is 4.90 Å². The van der Waals surface area contributed by atoms with Gasteiger partial charge in [0.15, 0.2) is 0 Å². The number of aliphatic hydroxyl groups excluding tert-OH is 1. The van der Waals surface area contributed by atoms with Crippen molar-refractivity contribution in [2.45, 2.75) is 31.9 Å². The summed E-state index contributed by atoms with van der Waals surface area (Å²) in [4.78, 5) is 29.4. The van der Waals surface area contributed by atoms with Gasteiger partial charge in [-0.05, 0) is 48.2 Å². The van der Waals surface area contributed by atoms with Gasteiger partial charge in [-0.15, -0.1) is 0 Å². The lowest BCUT2D eigenvalue weighted by Gasteiger charge is -2.34. The molecule has 0 spiro atoms. The standard InChI is InChI=1S/C30H35N9O/c40-27-7-4-12-37(21-27)20-24-8-10-26(11-9-24)35-28-33-22-34-30(36-28)39-15-13-38(14-16-39)29-31-18-25(19-32-29)17-23-5-2-1-3-6-23/h1-3,5-6,8-11,18-19,22,27,40H,4,7,12-17,20-21H2,(H,33,34,35,36). The second kappa shape index (κ2) is 12.4. The summed E-state index contributed by atoms with van der Waals surface area (Å²) in [7, 11) is 0. The average molecular weight is 538 g/mol. The molecule has 1 unspecified atom stereocenters. The molecule has 0 radical (unpaired) electrons. The van der Waals surface area contributed by atoms with Crippen LogP contribution in [-0.4, -0.2) is 80.3 Å². The Labute approximate surface area is 234 Å². The largest absolute Gasteiger partial charge is 0.392 e. The third-order valence-corrected chi connectivity index (χ3v) is 7.44. The van der Waals surface area contributed by atoms with Crippen LogP contribution in [0.2, 0.25) is 0 Å². The molecule has 2 fully saturated rings. The number of hydrogen-bond donors (Lipinski definition) is 2. The third-order valence-electron chi connectivity index (χ3n) is 7.44. The van der Waals surface area contributed by atoms with Crippen molar-refractivity contribution >= 4 is 23.5 Å². The maximum atomic E-state index is 9.92. The summed E-state index contributed by atoms with van der Waals surface area (Å²) >= 11 is 0. The van der Waals surface area contributed by atoms with Gasteiger partial charge in [0.1, 0.15) is 6.33 Å². The summed E-state index contributed by atoms with van der Waals surface area (Å²) < 4.78 is 0. The molecule has 2 aromatic carbocycles. The van der Waals surface area contributed by atoms with Crippen molar-refractivity contribution in [1.29, 1.82) is 0 Å². The van der Waals surface area contributed by atoms with E-state index in [1.807, 2.05) is 30.6 Å². The molecule has 0 saturated carbocycles. The number of piperidine rings is 1. The van der Waals surface area contributed by atoms with E-state index in [4.69, 9.17) is 0 Å². The first-order chi connectivity index (χ1) is 19.7. The van der Waals surface area contributed by atoms with Crippen LogP contribution >= 0.6 is 0 Å². The van der Waals surface area contributed by atoms with Crippen LogP contribution in [0.4, 0.5) is 23.5 Å². The maximum Gasteiger partial charge on any atom is 0.231 e. The lowest BCUT2D eigenvalue weighted by molar-refractivity contribution is 0.0668. The predicted molar refractivity (Wildman–Crippen MR) is 156 cm³/mol. The molecule has 6 rings (SSSR count). The average Bonchev–Trinajstić information content (AvgIpc) is 2.99. The molecule has 0 amide bonds. The molecule has 4 heterocycles. The number of benzene rings is 2. The second-order valence-electron chi connectivity index (χ2n) is 10.5. The molecule has 10 heteroatoms. The zero-order valence-electron chi connectivity index (χ0n) is 22.6. The number of likely N-dealkylation sites (tertiary alicyclic amines) is 1. The number of rotatable bonds is 8. The van der Waals surface area contributed by atoms with Gasteiger partial charge in [0.2, 0.25) is 17.8 Å². The van der Waals surface area contributed by atoms with E-state index in [1.165, 1.54) is 11.1 Å². The molecule has 4 aromatic rings. The lowest BCUT2D eigenvalue weighted by Crippen LogP contribution is -2.47. The Morgan fingerprint density at radius 2 is 1.48 bits per heavy atom. The van der Waals surface area contributed by atoms with Gasteiger partial charge < -0.3 is 20.2 Å². The van der Waals surface area contributed by atoms with E-state index in [-0.39, 0.29) is 6.10 Å². The van der Waals surface area contributed by atoms with Gasteiger partial charge in [-0.2, -0.15) is 4.98 Å². The number of aliphatic hydroxyl groups is 1. The van der Waals surface area contributed by atoms with Gasteiger partial charge >= 0.3 is 0 Å². The summed E-state index contributed by atoms with van der Waals surface area (Å²) in [5.74, 6) is 1.95. The molecule has 2 aliphatic rings. The first-order valence-electron chi connectivity index (χ1n) is 14.0. The van der Waals surface area contributed by atoms with E-state index in [0.717, 1.165) is 82.3 Å². The molecule has 2 saturated heterocycles. The Bertz CT molecular complexity index is 1360. The minimum Gasteiger partial charge on any atom is -0.392 e. The van der Waals surface area contributed by atoms with Crippen LogP contribution in [-0.2, 0) is 13.0 Å². The van der Waals surface area contributed by atoms with Crippen LogP contribution in [0.25, 0.3) is 0 Å². The van der Waals surface area contributed by atoms with E-state index in [2.05, 4.69) is 81.3 Å². The molecule has 206 valence electrons. The van der Waals surface area contributed by atoms with Gasteiger partial charge in [-0.1, -0.05) is 42.5 Å². The number of piperazine rings is 1. The number of aromatic nitrogens is 5. The minimum atomic E-state index is -0.208. The van der Waals surface area contributed by atoms with E-state index >= 15 is 0 Å². The van der Waals surface area contributed by atoms with Crippen molar-refractivity contribution < 1.29 is 5.11 Å². The quantitative estimate of drug-likeness (QED) is 0.348. The molecule has 0 aliphatic carbocycles. The molecule has 40 heavy (non-hydrogen) atoms. The monoisotopic (exact) mass is 537 g/mol. The number of hydrogen-bond acceptors (Lipinski definition) is 10. The van der Waals surface area contributed by atoms with Crippen LogP contribution in [0.15, 0.2) is 73.3 Å². The maximum absolute atomic E-state index is 9.92. The Morgan fingerprint density at radius 3 is 2.20 bits per heavy atom. The highest BCUT2D eigenvalue weighted by molar-refractivity contribution is 5.54. The van der Waals surface area contributed by atoms with Gasteiger partial charge in [0, 0.05) is 63.8 Å². The topological polar surface area (TPSA) is 106 Å². The van der Waals surface area contributed by atoms with E-state index in [1.54, 1.807) is 6.33 Å². The van der Waals surface area contributed by atoms with Crippen LogP contribution in [0, 0.1) is 0 Å². The van der Waals surface area contributed by atoms with E-state index in [9.17, 15) is 5.11 Å². The third kappa shape index (κ3) is 6.70. The highest BCUT2D eigenvalue weighted by Gasteiger charge is 2.21. The van der Waals surface area contributed by atoms with Crippen LogP contribution in [0.1, 0.15) is 29.5 Å². The minimum absolute atomic E-state index is 0.208. The molecule has 10 nitrogen and oxygen atoms in total. The Kier molecular flexibility index (Phi) is 8.06. The summed E-state index contributed by atoms with van der Waals surface area (Å²) in [5, 5.41) is 13.2. The molecular weight excluding hydrogens is 502 g/mol. The fraction of sp³-hybridized carbons (Fsp3) is 0.367. The van der Waals surface area contributed by atoms with Crippen molar-refractivity contribution in [3.05, 3.63) is 90.0 Å². The zero-order chi connectivity index (χ0) is 27.1. The van der Waals surface area contributed by atoms with Crippen molar-refractivity contribution in [3.8, 4) is 0 Å². The van der Waals surface area contributed by atoms with Gasteiger partial charge in [0.05, 0.1) is 6.10 Å². The first kappa shape index (κ1) is 26.1. The number of nitrogens with one attached hydrogen (secondary N) is 1. The Balaban J connectivity index is 1.01. The normalized spacial score (nSPS) is 18.1. The smallest absolute Gasteiger partial charge is 0.231 e. The zero-order valence-corrected chi connectivity index (χ0v) is 22.6. The predicted octanol–water partition coefficient (Wildman–Crippen LogP) is 3.28. The summed E-state index contributed by atoms with van der Waals surface area (Å²) in [6.07, 6.45) is 7.99. The van der Waals surface area contributed by atoms with Crippen molar-refractivity contribution in [3.63, 3.8) is 0 Å². The van der Waals surface area contributed by atoms with Gasteiger partial charge in [0.25, 0.3) is 0 Å². The van der Waals surface area contributed by atoms with Crippen molar-refractivity contribution in [1.82, 2.24) is 29.8 Å². The van der Waals surface area contributed by atoms with E-state index < -0.39 is 0 Å². The van der Waals surface area contributed by atoms with Crippen LogP contribution < -0.4 is 15.1 Å². The van der Waals surface area contributed by atoms with E-state index in [0.29, 0.717) is 11.9 Å². The van der Waals surface area contributed by atoms with Gasteiger partial charge in [-0.25, -0.2) is 19.9 Å². The summed E-state index contributed by atoms with van der Waals surface area (Å²) in [6, 6.07) is 18.7. The number of anilines is 4. The highest BCUT2D eigenvalue weighted by Crippen LogP contribution is 2.20. The summed E-state index contributed by atoms with van der Waals surface area (Å²) in [6.45, 7) is 5.77. The van der Waals surface area contributed by atoms with Crippen LogP contribution in [0.3, 0.4) is 0 Å². The highest BCUT2D eigenvalue weighted by atomic mass is 16.3. The molecule has 1 atom stereocenters. The Hall–Kier alpha value is -4.15.